The zero-order chi connectivity index (χ0) is 15.5. The number of carboxylic acid groups (broad SMARTS) is 2. The van der Waals surface area contributed by atoms with E-state index in [1.807, 2.05) is 6.92 Å². The Labute approximate surface area is 123 Å². The van der Waals surface area contributed by atoms with Gasteiger partial charge in [0.05, 0.1) is 6.04 Å². The highest BCUT2D eigenvalue weighted by Gasteiger charge is 2.24. The van der Waals surface area contributed by atoms with Crippen molar-refractivity contribution in [3.05, 3.63) is 0 Å². The van der Waals surface area contributed by atoms with Gasteiger partial charge < -0.3 is 20.8 Å². The van der Waals surface area contributed by atoms with E-state index in [1.54, 1.807) is 0 Å². The van der Waals surface area contributed by atoms with E-state index in [-0.39, 0.29) is 18.6 Å². The summed E-state index contributed by atoms with van der Waals surface area (Å²) < 4.78 is 0. The van der Waals surface area contributed by atoms with Crippen LogP contribution in [0.25, 0.3) is 0 Å². The van der Waals surface area contributed by atoms with Crippen LogP contribution in [0, 0.1) is 0 Å². The van der Waals surface area contributed by atoms with Gasteiger partial charge in [0.25, 0.3) is 0 Å². The average molecular weight is 306 g/mol. The van der Waals surface area contributed by atoms with Crippen LogP contribution in [0.3, 0.4) is 0 Å². The van der Waals surface area contributed by atoms with Crippen molar-refractivity contribution in [1.82, 2.24) is 10.6 Å². The van der Waals surface area contributed by atoms with E-state index in [4.69, 9.17) is 10.2 Å². The Kier molecular flexibility index (Phi) is 9.83. The third kappa shape index (κ3) is 8.00. The van der Waals surface area contributed by atoms with Crippen molar-refractivity contribution in [2.75, 3.05) is 12.3 Å². The van der Waals surface area contributed by atoms with Crippen molar-refractivity contribution in [2.45, 2.75) is 44.7 Å². The van der Waals surface area contributed by atoms with Gasteiger partial charge in [0, 0.05) is 12.2 Å². The summed E-state index contributed by atoms with van der Waals surface area (Å²) in [6, 6.07) is -1.79. The molecule has 0 rings (SSSR count). The smallest absolute Gasteiger partial charge is 0.327 e. The molecule has 2 atom stereocenters. The highest BCUT2D eigenvalue weighted by molar-refractivity contribution is 7.80. The van der Waals surface area contributed by atoms with Gasteiger partial charge in [-0.05, 0) is 19.4 Å². The topological polar surface area (TPSA) is 116 Å². The monoisotopic (exact) mass is 306 g/mol. The standard InChI is InChI=1S/C12H22N2O5S/c1-2-3-6-13-8(4-5-10(15)16)11(17)14-9(7-20)12(18)19/h8-9,13,20H,2-7H2,1H3,(H,14,17)(H,15,16)(H,18,19)/t8-,9-/m0/s1. The number of carboxylic acids is 2. The highest BCUT2D eigenvalue weighted by Crippen LogP contribution is 2.01. The fraction of sp³-hybridized carbons (Fsp3) is 0.750. The Hall–Kier alpha value is -1.28. The van der Waals surface area contributed by atoms with Gasteiger partial charge in [0.2, 0.25) is 5.91 Å². The zero-order valence-corrected chi connectivity index (χ0v) is 12.4. The quantitative estimate of drug-likeness (QED) is 0.273. The van der Waals surface area contributed by atoms with Gasteiger partial charge >= 0.3 is 11.9 Å². The van der Waals surface area contributed by atoms with E-state index in [2.05, 4.69) is 23.3 Å². The summed E-state index contributed by atoms with van der Waals surface area (Å²) in [7, 11) is 0. The minimum absolute atomic E-state index is 0.0261. The van der Waals surface area contributed by atoms with E-state index in [0.717, 1.165) is 12.8 Å². The van der Waals surface area contributed by atoms with Gasteiger partial charge in [-0.1, -0.05) is 13.3 Å². The molecule has 0 aromatic carbocycles. The summed E-state index contributed by atoms with van der Waals surface area (Å²) in [5, 5.41) is 22.8. The number of carbonyl (C=O) groups excluding carboxylic acids is 1. The number of rotatable bonds is 11. The molecule has 20 heavy (non-hydrogen) atoms. The molecule has 0 spiro atoms. The number of hydrogen-bond donors (Lipinski definition) is 5. The lowest BCUT2D eigenvalue weighted by Crippen LogP contribution is -2.51. The lowest BCUT2D eigenvalue weighted by molar-refractivity contribution is -0.142. The molecule has 0 fully saturated rings. The largest absolute Gasteiger partial charge is 0.481 e. The van der Waals surface area contributed by atoms with Gasteiger partial charge in [-0.15, -0.1) is 0 Å². The van der Waals surface area contributed by atoms with E-state index in [0.29, 0.717) is 6.54 Å². The first-order valence-corrected chi connectivity index (χ1v) is 7.14. The predicted molar refractivity (Wildman–Crippen MR) is 77.0 cm³/mol. The van der Waals surface area contributed by atoms with E-state index in [1.165, 1.54) is 0 Å². The SMILES string of the molecule is CCCCN[C@@H](CCC(=O)O)C(=O)N[C@@H](CS)C(=O)O. The second-order valence-corrected chi connectivity index (χ2v) is 4.74. The molecule has 0 heterocycles. The molecule has 0 aromatic rings. The van der Waals surface area contributed by atoms with Crippen molar-refractivity contribution < 1.29 is 24.6 Å². The zero-order valence-electron chi connectivity index (χ0n) is 11.5. The molecule has 0 aliphatic carbocycles. The Bertz CT molecular complexity index is 338. The Morgan fingerprint density at radius 1 is 1.20 bits per heavy atom. The molecule has 0 bridgehead atoms. The molecular formula is C12H22N2O5S. The second kappa shape index (κ2) is 10.5. The summed E-state index contributed by atoms with van der Waals surface area (Å²) in [4.78, 5) is 33.4. The molecule has 0 aromatic heterocycles. The minimum atomic E-state index is -1.17. The van der Waals surface area contributed by atoms with Crippen molar-refractivity contribution in [3.8, 4) is 0 Å². The van der Waals surface area contributed by atoms with Gasteiger partial charge in [-0.3, -0.25) is 9.59 Å². The third-order valence-corrected chi connectivity index (χ3v) is 3.05. The summed E-state index contributed by atoms with van der Waals surface area (Å²) in [5.74, 6) is -2.70. The molecule has 0 aliphatic heterocycles. The Balaban J connectivity index is 4.51. The molecule has 1 amide bonds. The average Bonchev–Trinajstić information content (AvgIpc) is 2.38. The number of hydrogen-bond acceptors (Lipinski definition) is 5. The van der Waals surface area contributed by atoms with Crippen LogP contribution in [0.4, 0.5) is 0 Å². The Morgan fingerprint density at radius 2 is 1.85 bits per heavy atom. The lowest BCUT2D eigenvalue weighted by Gasteiger charge is -2.20. The third-order valence-electron chi connectivity index (χ3n) is 2.68. The molecule has 0 aliphatic rings. The highest BCUT2D eigenvalue weighted by atomic mass is 32.1. The molecule has 0 unspecified atom stereocenters. The van der Waals surface area contributed by atoms with Crippen molar-refractivity contribution in [2.24, 2.45) is 0 Å². The van der Waals surface area contributed by atoms with Gasteiger partial charge in [-0.2, -0.15) is 12.6 Å². The van der Waals surface area contributed by atoms with Crippen LogP contribution >= 0.6 is 12.6 Å². The summed E-state index contributed by atoms with van der Waals surface area (Å²) in [5.41, 5.74) is 0. The fourth-order valence-corrected chi connectivity index (χ4v) is 1.75. The van der Waals surface area contributed by atoms with Crippen LogP contribution < -0.4 is 10.6 Å². The molecule has 0 saturated heterocycles. The predicted octanol–water partition coefficient (Wildman–Crippen LogP) is 0.109. The van der Waals surface area contributed by atoms with Gasteiger partial charge in [0.15, 0.2) is 0 Å². The Morgan fingerprint density at radius 3 is 2.30 bits per heavy atom. The molecule has 4 N–H and O–H groups in total. The van der Waals surface area contributed by atoms with Crippen LogP contribution in [0.15, 0.2) is 0 Å². The minimum Gasteiger partial charge on any atom is -0.481 e. The number of amides is 1. The molecule has 116 valence electrons. The summed E-state index contributed by atoms with van der Waals surface area (Å²) in [6.07, 6.45) is 1.75. The molecular weight excluding hydrogens is 284 g/mol. The number of thiol groups is 1. The molecule has 0 radical (unpaired) electrons. The van der Waals surface area contributed by atoms with Crippen LogP contribution in [-0.4, -0.2) is 52.4 Å². The molecule has 8 heteroatoms. The maximum atomic E-state index is 12.0. The number of nitrogens with one attached hydrogen (secondary N) is 2. The maximum absolute atomic E-state index is 12.0. The van der Waals surface area contributed by atoms with Crippen LogP contribution in [-0.2, 0) is 14.4 Å². The van der Waals surface area contributed by atoms with E-state index < -0.39 is 29.9 Å². The second-order valence-electron chi connectivity index (χ2n) is 4.37. The number of unbranched alkanes of at least 4 members (excludes halogenated alkanes) is 1. The van der Waals surface area contributed by atoms with Crippen molar-refractivity contribution in [1.29, 1.82) is 0 Å². The first kappa shape index (κ1) is 18.7. The lowest BCUT2D eigenvalue weighted by atomic mass is 10.1. The van der Waals surface area contributed by atoms with Crippen LogP contribution in [0.5, 0.6) is 0 Å². The van der Waals surface area contributed by atoms with Gasteiger partial charge in [-0.25, -0.2) is 4.79 Å². The fourth-order valence-electron chi connectivity index (χ4n) is 1.50. The van der Waals surface area contributed by atoms with Crippen molar-refractivity contribution in [3.63, 3.8) is 0 Å². The first-order valence-electron chi connectivity index (χ1n) is 6.51. The van der Waals surface area contributed by atoms with E-state index in [9.17, 15) is 14.4 Å². The number of carbonyl (C=O) groups is 3. The van der Waals surface area contributed by atoms with E-state index >= 15 is 0 Å². The van der Waals surface area contributed by atoms with Crippen LogP contribution in [0.2, 0.25) is 0 Å². The first-order chi connectivity index (χ1) is 9.42. The number of aliphatic carboxylic acids is 2. The van der Waals surface area contributed by atoms with Crippen LogP contribution in [0.1, 0.15) is 32.6 Å². The molecule has 0 saturated carbocycles. The van der Waals surface area contributed by atoms with Crippen molar-refractivity contribution >= 4 is 30.5 Å². The molecule has 7 nitrogen and oxygen atoms in total. The summed E-state index contributed by atoms with van der Waals surface area (Å²) in [6.45, 7) is 2.57. The maximum Gasteiger partial charge on any atom is 0.327 e. The normalized spacial score (nSPS) is 13.5. The van der Waals surface area contributed by atoms with Gasteiger partial charge in [0.1, 0.15) is 6.04 Å². The summed E-state index contributed by atoms with van der Waals surface area (Å²) >= 11 is 3.86.